The zero-order chi connectivity index (χ0) is 9.26. The molecule has 0 atom stereocenters. The first-order valence-corrected chi connectivity index (χ1v) is 5.98. The van der Waals surface area contributed by atoms with Crippen molar-refractivity contribution >= 4 is 11.3 Å². The van der Waals surface area contributed by atoms with E-state index in [1.807, 2.05) is 11.3 Å². The molecule has 0 bridgehead atoms. The Bertz CT molecular complexity index is 286. The molecule has 1 saturated carbocycles. The van der Waals surface area contributed by atoms with Gasteiger partial charge in [-0.1, -0.05) is 6.92 Å². The fourth-order valence-electron chi connectivity index (χ4n) is 1.69. The minimum absolute atomic E-state index is 0.824. The van der Waals surface area contributed by atoms with Crippen LogP contribution in [0.3, 0.4) is 0 Å². The van der Waals surface area contributed by atoms with Crippen LogP contribution in [0.2, 0.25) is 0 Å². The van der Waals surface area contributed by atoms with Gasteiger partial charge >= 0.3 is 0 Å². The molecular weight excluding hydrogens is 178 g/mol. The molecule has 0 radical (unpaired) electrons. The summed E-state index contributed by atoms with van der Waals surface area (Å²) < 4.78 is 0. The van der Waals surface area contributed by atoms with Crippen LogP contribution in [0.4, 0.5) is 0 Å². The van der Waals surface area contributed by atoms with Crippen molar-refractivity contribution in [2.45, 2.75) is 45.7 Å². The van der Waals surface area contributed by atoms with E-state index < -0.39 is 0 Å². The summed E-state index contributed by atoms with van der Waals surface area (Å²) in [6, 6.07) is 0.824. The van der Waals surface area contributed by atoms with Crippen molar-refractivity contribution in [1.29, 1.82) is 0 Å². The molecule has 72 valence electrons. The Kier molecular flexibility index (Phi) is 2.70. The fourth-order valence-corrected chi connectivity index (χ4v) is 2.66. The van der Waals surface area contributed by atoms with Gasteiger partial charge in [0, 0.05) is 17.5 Å². The standard InChI is InChI=1S/C11H17NS/c1-3-11-8(2)13-7-9(11)6-12-10-4-5-10/h7,10,12H,3-6H2,1-2H3. The third kappa shape index (κ3) is 2.12. The molecule has 1 aromatic rings. The van der Waals surface area contributed by atoms with E-state index in [1.54, 1.807) is 5.56 Å². The van der Waals surface area contributed by atoms with Crippen LogP contribution in [0, 0.1) is 6.92 Å². The Labute approximate surface area is 84.2 Å². The van der Waals surface area contributed by atoms with Gasteiger partial charge in [0.05, 0.1) is 0 Å². The Morgan fingerprint density at radius 1 is 1.54 bits per heavy atom. The van der Waals surface area contributed by atoms with Gasteiger partial charge in [-0.25, -0.2) is 0 Å². The maximum atomic E-state index is 3.57. The van der Waals surface area contributed by atoms with Crippen LogP contribution in [-0.2, 0) is 13.0 Å². The second-order valence-corrected chi connectivity index (χ2v) is 4.89. The highest BCUT2D eigenvalue weighted by molar-refractivity contribution is 7.10. The SMILES string of the molecule is CCc1c(CNC2CC2)csc1C. The molecule has 0 spiro atoms. The summed E-state index contributed by atoms with van der Waals surface area (Å²) in [5.74, 6) is 0. The fraction of sp³-hybridized carbons (Fsp3) is 0.636. The van der Waals surface area contributed by atoms with E-state index in [0.717, 1.165) is 12.6 Å². The number of aryl methyl sites for hydroxylation is 1. The van der Waals surface area contributed by atoms with Crippen molar-refractivity contribution in [3.63, 3.8) is 0 Å². The number of hydrogen-bond donors (Lipinski definition) is 1. The molecule has 1 aliphatic carbocycles. The Balaban J connectivity index is 2.00. The van der Waals surface area contributed by atoms with Crippen LogP contribution in [0.25, 0.3) is 0 Å². The van der Waals surface area contributed by atoms with Crippen molar-refractivity contribution < 1.29 is 0 Å². The molecular formula is C11H17NS. The van der Waals surface area contributed by atoms with Crippen LogP contribution in [0.15, 0.2) is 5.38 Å². The molecule has 1 aliphatic rings. The van der Waals surface area contributed by atoms with E-state index in [2.05, 4.69) is 24.5 Å². The molecule has 13 heavy (non-hydrogen) atoms. The highest BCUT2D eigenvalue weighted by Crippen LogP contribution is 2.24. The van der Waals surface area contributed by atoms with E-state index >= 15 is 0 Å². The van der Waals surface area contributed by atoms with Gasteiger partial charge in [-0.3, -0.25) is 0 Å². The number of hydrogen-bond acceptors (Lipinski definition) is 2. The van der Waals surface area contributed by atoms with Gasteiger partial charge in [0.15, 0.2) is 0 Å². The second-order valence-electron chi connectivity index (χ2n) is 3.80. The zero-order valence-corrected chi connectivity index (χ0v) is 9.21. The first kappa shape index (κ1) is 9.22. The van der Waals surface area contributed by atoms with E-state index in [1.165, 1.54) is 29.7 Å². The number of nitrogens with one attached hydrogen (secondary N) is 1. The quantitative estimate of drug-likeness (QED) is 0.779. The second kappa shape index (κ2) is 3.81. The maximum Gasteiger partial charge on any atom is 0.0219 e. The first-order chi connectivity index (χ1) is 6.31. The van der Waals surface area contributed by atoms with Gasteiger partial charge in [-0.05, 0) is 42.7 Å². The highest BCUT2D eigenvalue weighted by Gasteiger charge is 2.20. The molecule has 0 unspecified atom stereocenters. The average molecular weight is 195 g/mol. The Morgan fingerprint density at radius 2 is 2.31 bits per heavy atom. The van der Waals surface area contributed by atoms with Crippen LogP contribution in [0.5, 0.6) is 0 Å². The number of rotatable bonds is 4. The largest absolute Gasteiger partial charge is 0.310 e. The van der Waals surface area contributed by atoms with E-state index in [9.17, 15) is 0 Å². The topological polar surface area (TPSA) is 12.0 Å². The van der Waals surface area contributed by atoms with Crippen molar-refractivity contribution in [2.75, 3.05) is 0 Å². The maximum absolute atomic E-state index is 3.57. The monoisotopic (exact) mass is 195 g/mol. The molecule has 0 amide bonds. The predicted molar refractivity (Wildman–Crippen MR) is 58.3 cm³/mol. The van der Waals surface area contributed by atoms with E-state index in [0.29, 0.717) is 0 Å². The Morgan fingerprint density at radius 3 is 2.92 bits per heavy atom. The van der Waals surface area contributed by atoms with Crippen molar-refractivity contribution in [1.82, 2.24) is 5.32 Å². The van der Waals surface area contributed by atoms with Crippen LogP contribution in [-0.4, -0.2) is 6.04 Å². The lowest BCUT2D eigenvalue weighted by Gasteiger charge is -2.03. The van der Waals surface area contributed by atoms with Crippen LogP contribution in [0.1, 0.15) is 35.8 Å². The van der Waals surface area contributed by atoms with Gasteiger partial charge in [0.2, 0.25) is 0 Å². The van der Waals surface area contributed by atoms with Gasteiger partial charge in [-0.15, -0.1) is 11.3 Å². The lowest BCUT2D eigenvalue weighted by atomic mass is 10.1. The minimum Gasteiger partial charge on any atom is -0.310 e. The summed E-state index contributed by atoms with van der Waals surface area (Å²) in [4.78, 5) is 1.50. The zero-order valence-electron chi connectivity index (χ0n) is 8.39. The molecule has 1 N–H and O–H groups in total. The third-order valence-electron chi connectivity index (χ3n) is 2.70. The highest BCUT2D eigenvalue weighted by atomic mass is 32.1. The molecule has 1 aromatic heterocycles. The molecule has 1 heterocycles. The molecule has 2 rings (SSSR count). The molecule has 1 fully saturated rings. The lowest BCUT2D eigenvalue weighted by Crippen LogP contribution is -2.15. The van der Waals surface area contributed by atoms with Crippen molar-refractivity contribution in [2.24, 2.45) is 0 Å². The van der Waals surface area contributed by atoms with Crippen molar-refractivity contribution in [3.8, 4) is 0 Å². The molecule has 0 aromatic carbocycles. The summed E-state index contributed by atoms with van der Waals surface area (Å²) in [5, 5.41) is 5.88. The Hall–Kier alpha value is -0.340. The van der Waals surface area contributed by atoms with E-state index in [-0.39, 0.29) is 0 Å². The normalized spacial score (nSPS) is 16.5. The van der Waals surface area contributed by atoms with Gasteiger partial charge < -0.3 is 5.32 Å². The summed E-state index contributed by atoms with van der Waals surface area (Å²) in [5.41, 5.74) is 3.09. The summed E-state index contributed by atoms with van der Waals surface area (Å²) in [6.07, 6.45) is 3.94. The summed E-state index contributed by atoms with van der Waals surface area (Å²) in [7, 11) is 0. The van der Waals surface area contributed by atoms with E-state index in [4.69, 9.17) is 0 Å². The first-order valence-electron chi connectivity index (χ1n) is 5.10. The lowest BCUT2D eigenvalue weighted by molar-refractivity contribution is 0.684. The van der Waals surface area contributed by atoms with Gasteiger partial charge in [0.25, 0.3) is 0 Å². The predicted octanol–water partition coefficient (Wildman–Crippen LogP) is 2.87. The van der Waals surface area contributed by atoms with Gasteiger partial charge in [-0.2, -0.15) is 0 Å². The van der Waals surface area contributed by atoms with Crippen LogP contribution >= 0.6 is 11.3 Å². The molecule has 2 heteroatoms. The molecule has 0 saturated heterocycles. The molecule has 1 nitrogen and oxygen atoms in total. The smallest absolute Gasteiger partial charge is 0.0219 e. The van der Waals surface area contributed by atoms with Crippen LogP contribution < -0.4 is 5.32 Å². The number of thiophene rings is 1. The summed E-state index contributed by atoms with van der Waals surface area (Å²) in [6.45, 7) is 5.55. The third-order valence-corrected chi connectivity index (χ3v) is 3.70. The summed E-state index contributed by atoms with van der Waals surface area (Å²) >= 11 is 1.89. The average Bonchev–Trinajstić information content (AvgIpc) is 2.88. The van der Waals surface area contributed by atoms with Gasteiger partial charge in [0.1, 0.15) is 0 Å². The van der Waals surface area contributed by atoms with Crippen molar-refractivity contribution in [3.05, 3.63) is 21.4 Å². The molecule has 0 aliphatic heterocycles. The minimum atomic E-state index is 0.824.